The second kappa shape index (κ2) is 6.11. The summed E-state index contributed by atoms with van der Waals surface area (Å²) in [7, 11) is 0. The van der Waals surface area contributed by atoms with Crippen LogP contribution in [0.3, 0.4) is 0 Å². The van der Waals surface area contributed by atoms with Crippen LogP contribution in [0.25, 0.3) is 11.1 Å². The second-order valence-electron chi connectivity index (χ2n) is 6.00. The number of ether oxygens (including phenoxy) is 1. The average Bonchev–Trinajstić information content (AvgIpc) is 3.23. The predicted octanol–water partition coefficient (Wildman–Crippen LogP) is 3.67. The van der Waals surface area contributed by atoms with Gasteiger partial charge in [0.25, 0.3) is 5.71 Å². The number of aromatic nitrogens is 3. The molecular weight excluding hydrogens is 304 g/mol. The molecule has 0 saturated carbocycles. The lowest BCUT2D eigenvalue weighted by Crippen LogP contribution is -2.24. The first-order valence-electron chi connectivity index (χ1n) is 8.34. The van der Waals surface area contributed by atoms with Gasteiger partial charge in [0.05, 0.1) is 18.3 Å². The number of fused-ring (bicyclic) bond motifs is 1. The van der Waals surface area contributed by atoms with Gasteiger partial charge >= 0.3 is 0 Å². The SMILES string of the molecule is CCOc1ccc(C2CCCN2c2ncnc3onc(C)c23)cc1. The maximum atomic E-state index is 5.54. The summed E-state index contributed by atoms with van der Waals surface area (Å²) in [5.74, 6) is 1.82. The number of hydrogen-bond donors (Lipinski definition) is 0. The molecule has 0 N–H and O–H groups in total. The third-order valence-corrected chi connectivity index (χ3v) is 4.52. The topological polar surface area (TPSA) is 64.3 Å². The summed E-state index contributed by atoms with van der Waals surface area (Å²) in [4.78, 5) is 11.1. The highest BCUT2D eigenvalue weighted by atomic mass is 16.5. The quantitative estimate of drug-likeness (QED) is 0.729. The van der Waals surface area contributed by atoms with E-state index in [1.54, 1.807) is 6.33 Å². The molecule has 0 aliphatic carbocycles. The van der Waals surface area contributed by atoms with Crippen molar-refractivity contribution in [3.63, 3.8) is 0 Å². The lowest BCUT2D eigenvalue weighted by atomic mass is 10.0. The summed E-state index contributed by atoms with van der Waals surface area (Å²) in [6, 6.07) is 8.67. The van der Waals surface area contributed by atoms with Crippen LogP contribution in [0.1, 0.15) is 37.1 Å². The van der Waals surface area contributed by atoms with Crippen LogP contribution >= 0.6 is 0 Å². The zero-order chi connectivity index (χ0) is 16.5. The highest BCUT2D eigenvalue weighted by Crippen LogP contribution is 2.38. The Hall–Kier alpha value is -2.63. The van der Waals surface area contributed by atoms with Gasteiger partial charge in [-0.05, 0) is 44.4 Å². The summed E-state index contributed by atoms with van der Waals surface area (Å²) in [6.45, 7) is 5.57. The number of aryl methyl sites for hydroxylation is 1. The molecule has 124 valence electrons. The lowest BCUT2D eigenvalue weighted by Gasteiger charge is -2.26. The molecule has 0 spiro atoms. The molecule has 1 saturated heterocycles. The van der Waals surface area contributed by atoms with E-state index in [1.165, 1.54) is 5.56 Å². The van der Waals surface area contributed by atoms with Gasteiger partial charge in [-0.2, -0.15) is 4.98 Å². The largest absolute Gasteiger partial charge is 0.494 e. The molecule has 3 aromatic rings. The van der Waals surface area contributed by atoms with Crippen molar-refractivity contribution in [2.45, 2.75) is 32.7 Å². The van der Waals surface area contributed by atoms with E-state index in [4.69, 9.17) is 9.26 Å². The van der Waals surface area contributed by atoms with Crippen molar-refractivity contribution in [3.05, 3.63) is 41.9 Å². The Morgan fingerprint density at radius 2 is 2.08 bits per heavy atom. The van der Waals surface area contributed by atoms with Gasteiger partial charge in [-0.15, -0.1) is 0 Å². The summed E-state index contributed by atoms with van der Waals surface area (Å²) < 4.78 is 10.8. The van der Waals surface area contributed by atoms with E-state index in [-0.39, 0.29) is 0 Å². The third-order valence-electron chi connectivity index (χ3n) is 4.52. The average molecular weight is 324 g/mol. The van der Waals surface area contributed by atoms with Crippen LogP contribution in [0.4, 0.5) is 5.82 Å². The fraction of sp³-hybridized carbons (Fsp3) is 0.389. The molecule has 6 heteroatoms. The van der Waals surface area contributed by atoms with E-state index in [1.807, 2.05) is 26.0 Å². The predicted molar refractivity (Wildman–Crippen MR) is 91.3 cm³/mol. The van der Waals surface area contributed by atoms with Crippen molar-refractivity contribution in [2.24, 2.45) is 0 Å². The third kappa shape index (κ3) is 2.48. The minimum absolute atomic E-state index is 0.299. The van der Waals surface area contributed by atoms with Crippen LogP contribution in [0.2, 0.25) is 0 Å². The zero-order valence-electron chi connectivity index (χ0n) is 13.9. The van der Waals surface area contributed by atoms with Crippen LogP contribution in [-0.4, -0.2) is 28.3 Å². The number of nitrogens with zero attached hydrogens (tertiary/aromatic N) is 4. The Morgan fingerprint density at radius 3 is 2.88 bits per heavy atom. The van der Waals surface area contributed by atoms with Crippen LogP contribution in [-0.2, 0) is 0 Å². The Balaban J connectivity index is 1.70. The Labute approximate surface area is 140 Å². The molecule has 2 aromatic heterocycles. The Kier molecular flexibility index (Phi) is 3.80. The molecule has 1 aromatic carbocycles. The molecule has 1 aliphatic heterocycles. The molecule has 1 unspecified atom stereocenters. The van der Waals surface area contributed by atoms with E-state index in [0.29, 0.717) is 18.4 Å². The monoisotopic (exact) mass is 324 g/mol. The number of benzene rings is 1. The van der Waals surface area contributed by atoms with Gasteiger partial charge in [-0.3, -0.25) is 0 Å². The summed E-state index contributed by atoms with van der Waals surface area (Å²) in [6.07, 6.45) is 3.79. The molecule has 3 heterocycles. The zero-order valence-corrected chi connectivity index (χ0v) is 13.9. The number of rotatable bonds is 4. The Morgan fingerprint density at radius 1 is 1.25 bits per heavy atom. The van der Waals surface area contributed by atoms with E-state index in [0.717, 1.165) is 42.0 Å². The van der Waals surface area contributed by atoms with Gasteiger partial charge in [0, 0.05) is 6.54 Å². The van der Waals surface area contributed by atoms with E-state index < -0.39 is 0 Å². The fourth-order valence-corrected chi connectivity index (χ4v) is 3.44. The van der Waals surface area contributed by atoms with E-state index >= 15 is 0 Å². The van der Waals surface area contributed by atoms with Crippen molar-refractivity contribution < 1.29 is 9.26 Å². The number of anilines is 1. The Bertz CT molecular complexity index is 844. The van der Waals surface area contributed by atoms with Crippen molar-refractivity contribution in [3.8, 4) is 5.75 Å². The molecule has 4 rings (SSSR count). The van der Waals surface area contributed by atoms with Gasteiger partial charge in [0.15, 0.2) is 0 Å². The van der Waals surface area contributed by atoms with Gasteiger partial charge in [-0.25, -0.2) is 4.98 Å². The highest BCUT2D eigenvalue weighted by Gasteiger charge is 2.29. The van der Waals surface area contributed by atoms with Crippen LogP contribution in [0, 0.1) is 6.92 Å². The first kappa shape index (κ1) is 14.9. The molecule has 0 amide bonds. The smallest absolute Gasteiger partial charge is 0.263 e. The minimum Gasteiger partial charge on any atom is -0.494 e. The molecule has 6 nitrogen and oxygen atoms in total. The van der Waals surface area contributed by atoms with Gasteiger partial charge in [-0.1, -0.05) is 17.3 Å². The van der Waals surface area contributed by atoms with E-state index in [9.17, 15) is 0 Å². The van der Waals surface area contributed by atoms with E-state index in [2.05, 4.69) is 32.2 Å². The molecule has 1 fully saturated rings. The maximum Gasteiger partial charge on any atom is 0.263 e. The molecule has 1 aliphatic rings. The first-order valence-corrected chi connectivity index (χ1v) is 8.34. The number of hydrogen-bond acceptors (Lipinski definition) is 6. The minimum atomic E-state index is 0.299. The van der Waals surface area contributed by atoms with Crippen molar-refractivity contribution in [1.82, 2.24) is 15.1 Å². The van der Waals surface area contributed by atoms with Crippen molar-refractivity contribution >= 4 is 16.9 Å². The van der Waals surface area contributed by atoms with Gasteiger partial charge in [0.1, 0.15) is 23.3 Å². The maximum absolute atomic E-state index is 5.54. The highest BCUT2D eigenvalue weighted by molar-refractivity contribution is 5.88. The van der Waals surface area contributed by atoms with Crippen LogP contribution < -0.4 is 9.64 Å². The lowest BCUT2D eigenvalue weighted by molar-refractivity contribution is 0.340. The molecule has 0 bridgehead atoms. The molecular formula is C18H20N4O2. The van der Waals surface area contributed by atoms with Gasteiger partial charge < -0.3 is 14.2 Å². The summed E-state index contributed by atoms with van der Waals surface area (Å²) >= 11 is 0. The molecule has 0 radical (unpaired) electrons. The summed E-state index contributed by atoms with van der Waals surface area (Å²) in [5.41, 5.74) is 2.66. The molecule has 24 heavy (non-hydrogen) atoms. The first-order chi connectivity index (χ1) is 11.8. The fourth-order valence-electron chi connectivity index (χ4n) is 3.44. The van der Waals surface area contributed by atoms with Crippen molar-refractivity contribution in [1.29, 1.82) is 0 Å². The second-order valence-corrected chi connectivity index (χ2v) is 6.00. The van der Waals surface area contributed by atoms with Crippen molar-refractivity contribution in [2.75, 3.05) is 18.1 Å². The summed E-state index contributed by atoms with van der Waals surface area (Å²) in [5, 5.41) is 4.95. The molecule has 1 atom stereocenters. The normalized spacial score (nSPS) is 17.6. The van der Waals surface area contributed by atoms with Crippen LogP contribution in [0.5, 0.6) is 5.75 Å². The van der Waals surface area contributed by atoms with Crippen LogP contribution in [0.15, 0.2) is 35.1 Å². The standard InChI is InChI=1S/C18H20N4O2/c1-3-23-14-8-6-13(7-9-14)15-5-4-10-22(15)17-16-12(2)21-24-18(16)20-11-19-17/h6-9,11,15H,3-5,10H2,1-2H3. The van der Waals surface area contributed by atoms with Gasteiger partial charge in [0.2, 0.25) is 0 Å².